The summed E-state index contributed by atoms with van der Waals surface area (Å²) in [4.78, 5) is 15.5. The van der Waals surface area contributed by atoms with Gasteiger partial charge in [-0.05, 0) is 61.8 Å². The molecule has 3 aromatic rings. The molecule has 2 aromatic carbocycles. The molecule has 1 N–H and O–H groups in total. The van der Waals surface area contributed by atoms with Crippen LogP contribution >= 0.6 is 0 Å². The molecule has 33 heavy (non-hydrogen) atoms. The van der Waals surface area contributed by atoms with Crippen LogP contribution in [0.25, 0.3) is 0 Å². The summed E-state index contributed by atoms with van der Waals surface area (Å²) in [6, 6.07) is 17.6. The number of rotatable bonds is 9. The number of hydrogen-bond acceptors (Lipinski definition) is 6. The molecule has 1 aliphatic heterocycles. The van der Waals surface area contributed by atoms with Gasteiger partial charge in [0.25, 0.3) is 5.91 Å². The summed E-state index contributed by atoms with van der Waals surface area (Å²) >= 11 is 0. The molecule has 1 unspecified atom stereocenters. The molecule has 0 aliphatic carbocycles. The Morgan fingerprint density at radius 3 is 2.42 bits per heavy atom. The van der Waals surface area contributed by atoms with Crippen molar-refractivity contribution in [2.75, 3.05) is 26.7 Å². The van der Waals surface area contributed by atoms with E-state index >= 15 is 0 Å². The fourth-order valence-electron chi connectivity index (χ4n) is 4.17. The summed E-state index contributed by atoms with van der Waals surface area (Å²) in [7, 11) is -1.96. The van der Waals surface area contributed by atoms with E-state index in [4.69, 9.17) is 9.15 Å². The van der Waals surface area contributed by atoms with Gasteiger partial charge in [-0.2, -0.15) is 0 Å². The molecule has 1 atom stereocenters. The van der Waals surface area contributed by atoms with Crippen molar-refractivity contribution in [3.63, 3.8) is 0 Å². The van der Waals surface area contributed by atoms with Crippen LogP contribution in [0.3, 0.4) is 0 Å². The van der Waals surface area contributed by atoms with Gasteiger partial charge in [-0.3, -0.25) is 9.69 Å². The van der Waals surface area contributed by atoms with E-state index in [9.17, 15) is 13.2 Å². The van der Waals surface area contributed by atoms with Crippen LogP contribution in [0.2, 0.25) is 0 Å². The smallest absolute Gasteiger partial charge is 0.287 e. The summed E-state index contributed by atoms with van der Waals surface area (Å²) in [5.74, 6) is 0.0906. The second-order valence-electron chi connectivity index (χ2n) is 8.09. The Kier molecular flexibility index (Phi) is 7.15. The van der Waals surface area contributed by atoms with Crippen molar-refractivity contribution in [1.29, 1.82) is 0 Å². The van der Waals surface area contributed by atoms with E-state index in [0.717, 1.165) is 37.2 Å². The van der Waals surface area contributed by atoms with Crippen LogP contribution in [0.4, 0.5) is 0 Å². The van der Waals surface area contributed by atoms with Crippen LogP contribution in [0.1, 0.15) is 40.6 Å². The Labute approximate surface area is 194 Å². The lowest BCUT2D eigenvalue weighted by Gasteiger charge is -2.28. The molecule has 8 heteroatoms. The molecule has 1 amide bonds. The average Bonchev–Trinajstić information content (AvgIpc) is 3.52. The van der Waals surface area contributed by atoms with Crippen molar-refractivity contribution in [3.8, 4) is 5.75 Å². The first kappa shape index (κ1) is 23.1. The van der Waals surface area contributed by atoms with Crippen molar-refractivity contribution in [1.82, 2.24) is 10.2 Å². The number of amides is 1. The third-order valence-corrected chi connectivity index (χ3v) is 7.62. The van der Waals surface area contributed by atoms with E-state index in [1.165, 1.54) is 12.3 Å². The fraction of sp³-hybridized carbons (Fsp3) is 0.320. The molecule has 1 saturated heterocycles. The molecular formula is C25H28N2O5S. The summed E-state index contributed by atoms with van der Waals surface area (Å²) in [6.45, 7) is 2.32. The Balaban J connectivity index is 1.48. The Hall–Kier alpha value is -3.10. The van der Waals surface area contributed by atoms with Crippen molar-refractivity contribution in [3.05, 3.63) is 83.8 Å². The number of hydrogen-bond donors (Lipinski definition) is 1. The second kappa shape index (κ2) is 10.2. The predicted octanol–water partition coefficient (Wildman–Crippen LogP) is 3.83. The first-order chi connectivity index (χ1) is 16.0. The third kappa shape index (κ3) is 5.46. The minimum Gasteiger partial charge on any atom is -0.497 e. The van der Waals surface area contributed by atoms with E-state index in [1.807, 2.05) is 24.3 Å². The quantitative estimate of drug-likeness (QED) is 0.514. The van der Waals surface area contributed by atoms with E-state index in [2.05, 4.69) is 10.2 Å². The Morgan fingerprint density at radius 2 is 1.76 bits per heavy atom. The number of nitrogens with zero attached hydrogens (tertiary/aromatic N) is 1. The monoisotopic (exact) mass is 468 g/mol. The maximum absolute atomic E-state index is 13.0. The van der Waals surface area contributed by atoms with Gasteiger partial charge in [-0.1, -0.05) is 30.3 Å². The van der Waals surface area contributed by atoms with Crippen molar-refractivity contribution in [2.45, 2.75) is 29.5 Å². The summed E-state index contributed by atoms with van der Waals surface area (Å²) in [5.41, 5.74) is 1.43. The van der Waals surface area contributed by atoms with Crippen LogP contribution in [0, 0.1) is 0 Å². The van der Waals surface area contributed by atoms with Crippen LogP contribution in [-0.4, -0.2) is 46.0 Å². The second-order valence-corrected chi connectivity index (χ2v) is 10.1. The van der Waals surface area contributed by atoms with Crippen LogP contribution in [0.5, 0.6) is 5.75 Å². The average molecular weight is 469 g/mol. The highest BCUT2D eigenvalue weighted by atomic mass is 32.2. The lowest BCUT2D eigenvalue weighted by atomic mass is 10.1. The minimum absolute atomic E-state index is 0.00817. The highest BCUT2D eigenvalue weighted by molar-refractivity contribution is 7.90. The summed E-state index contributed by atoms with van der Waals surface area (Å²) in [5, 5.41) is 2.95. The number of methoxy groups -OCH3 is 1. The van der Waals surface area contributed by atoms with Gasteiger partial charge >= 0.3 is 0 Å². The van der Waals surface area contributed by atoms with Crippen molar-refractivity contribution >= 4 is 15.7 Å². The molecule has 4 rings (SSSR count). The van der Waals surface area contributed by atoms with Gasteiger partial charge < -0.3 is 14.5 Å². The Bertz CT molecular complexity index is 1170. The largest absolute Gasteiger partial charge is 0.497 e. The number of ether oxygens (including phenoxy) is 1. The molecule has 1 fully saturated rings. The predicted molar refractivity (Wildman–Crippen MR) is 125 cm³/mol. The van der Waals surface area contributed by atoms with Crippen LogP contribution in [0.15, 0.2) is 76.2 Å². The zero-order valence-electron chi connectivity index (χ0n) is 18.6. The fourth-order valence-corrected chi connectivity index (χ4v) is 5.55. The molecule has 0 radical (unpaired) electrons. The van der Waals surface area contributed by atoms with E-state index in [-0.39, 0.29) is 22.5 Å². The molecule has 2 heterocycles. The van der Waals surface area contributed by atoms with Crippen LogP contribution < -0.4 is 10.1 Å². The number of benzene rings is 2. The van der Waals surface area contributed by atoms with Gasteiger partial charge in [0.1, 0.15) is 5.75 Å². The lowest BCUT2D eigenvalue weighted by Crippen LogP contribution is -2.37. The normalized spacial score (nSPS) is 15.3. The third-order valence-electron chi connectivity index (χ3n) is 5.94. The first-order valence-electron chi connectivity index (χ1n) is 11.0. The maximum Gasteiger partial charge on any atom is 0.287 e. The number of furan rings is 1. The molecule has 0 saturated carbocycles. The molecule has 1 aliphatic rings. The summed E-state index contributed by atoms with van der Waals surface area (Å²) in [6.07, 6.45) is 3.60. The van der Waals surface area contributed by atoms with Gasteiger partial charge in [0.15, 0.2) is 15.6 Å². The highest BCUT2D eigenvalue weighted by Gasteiger charge is 2.26. The highest BCUT2D eigenvalue weighted by Crippen LogP contribution is 2.27. The molecule has 7 nitrogen and oxygen atoms in total. The van der Waals surface area contributed by atoms with Crippen LogP contribution in [-0.2, 0) is 15.6 Å². The van der Waals surface area contributed by atoms with Gasteiger partial charge in [0.05, 0.1) is 30.1 Å². The van der Waals surface area contributed by atoms with Gasteiger partial charge in [-0.15, -0.1) is 0 Å². The Morgan fingerprint density at radius 1 is 1.06 bits per heavy atom. The number of carbonyl (C=O) groups is 1. The molecule has 0 spiro atoms. The van der Waals surface area contributed by atoms with E-state index in [1.54, 1.807) is 37.4 Å². The lowest BCUT2D eigenvalue weighted by molar-refractivity contribution is 0.0909. The van der Waals surface area contributed by atoms with Crippen molar-refractivity contribution in [2.24, 2.45) is 0 Å². The standard InChI is InChI=1S/C25H28N2O5S/c1-31-21-11-9-19(10-12-21)23(27-14-5-6-15-27)17-26-25(28)24-20(13-16-32-24)18-33(29,30)22-7-3-2-4-8-22/h2-4,7-13,16,23H,5-6,14-15,17-18H2,1H3,(H,26,28). The van der Waals surface area contributed by atoms with Gasteiger partial charge in [-0.25, -0.2) is 8.42 Å². The topological polar surface area (TPSA) is 88.8 Å². The van der Waals surface area contributed by atoms with E-state index in [0.29, 0.717) is 12.1 Å². The molecular weight excluding hydrogens is 440 g/mol. The molecule has 0 bridgehead atoms. The SMILES string of the molecule is COc1ccc(C(CNC(=O)c2occc2CS(=O)(=O)c2ccccc2)N2CCCC2)cc1. The zero-order chi connectivity index (χ0) is 23.3. The number of carbonyl (C=O) groups excluding carboxylic acids is 1. The first-order valence-corrected chi connectivity index (χ1v) is 12.6. The van der Waals surface area contributed by atoms with E-state index < -0.39 is 15.7 Å². The maximum atomic E-state index is 13.0. The summed E-state index contributed by atoms with van der Waals surface area (Å²) < 4.78 is 36.2. The van der Waals surface area contributed by atoms with Gasteiger partial charge in [0, 0.05) is 12.1 Å². The minimum atomic E-state index is -3.59. The zero-order valence-corrected chi connectivity index (χ0v) is 19.4. The number of nitrogens with one attached hydrogen (secondary N) is 1. The molecule has 1 aromatic heterocycles. The van der Waals surface area contributed by atoms with Crippen molar-refractivity contribution < 1.29 is 22.4 Å². The number of likely N-dealkylation sites (tertiary alicyclic amines) is 1. The van der Waals surface area contributed by atoms with Gasteiger partial charge in [0.2, 0.25) is 0 Å². The molecule has 174 valence electrons. The number of sulfone groups is 1.